The molecule has 1 N–H and O–H groups in total. The molecule has 5 nitrogen and oxygen atoms in total. The van der Waals surface area contributed by atoms with E-state index in [0.29, 0.717) is 5.69 Å². The molecule has 0 heterocycles. The van der Waals surface area contributed by atoms with Gasteiger partial charge in [0.15, 0.2) is 9.84 Å². The molecule has 23 heavy (non-hydrogen) atoms. The van der Waals surface area contributed by atoms with E-state index < -0.39 is 15.9 Å². The van der Waals surface area contributed by atoms with Gasteiger partial charge >= 0.3 is 6.09 Å². The summed E-state index contributed by atoms with van der Waals surface area (Å²) in [6, 6.07) is 13.7. The molecule has 0 saturated carbocycles. The van der Waals surface area contributed by atoms with Crippen LogP contribution in [0, 0.1) is 13.8 Å². The van der Waals surface area contributed by atoms with Gasteiger partial charge in [0.05, 0.1) is 10.6 Å². The molecule has 1 amide bonds. The van der Waals surface area contributed by atoms with Crippen molar-refractivity contribution in [2.75, 3.05) is 17.7 Å². The van der Waals surface area contributed by atoms with Crippen LogP contribution in [0.15, 0.2) is 53.4 Å². The molecule has 0 saturated heterocycles. The number of hydrogen-bond acceptors (Lipinski definition) is 4. The minimum atomic E-state index is -3.45. The van der Waals surface area contributed by atoms with E-state index in [0.717, 1.165) is 11.1 Å². The molecule has 0 aliphatic carbocycles. The summed E-state index contributed by atoms with van der Waals surface area (Å²) in [5, 5.41) is 2.61. The summed E-state index contributed by atoms with van der Waals surface area (Å²) >= 11 is 0. The lowest BCUT2D eigenvalue weighted by molar-refractivity contribution is 0.168. The Kier molecular flexibility index (Phi) is 5.39. The molecule has 0 radical (unpaired) electrons. The molecule has 6 heteroatoms. The maximum Gasteiger partial charge on any atom is 0.411 e. The van der Waals surface area contributed by atoms with Gasteiger partial charge < -0.3 is 4.74 Å². The third-order valence-electron chi connectivity index (χ3n) is 3.31. The SMILES string of the molecule is Cc1ccc(NC(=O)OCCS(=O)(=O)c2ccccc2)c(C)c1. The zero-order valence-corrected chi connectivity index (χ0v) is 13.9. The highest BCUT2D eigenvalue weighted by Crippen LogP contribution is 2.16. The lowest BCUT2D eigenvalue weighted by atomic mass is 10.1. The van der Waals surface area contributed by atoms with Crippen molar-refractivity contribution in [2.45, 2.75) is 18.7 Å². The number of carbonyl (C=O) groups is 1. The van der Waals surface area contributed by atoms with E-state index in [4.69, 9.17) is 4.74 Å². The largest absolute Gasteiger partial charge is 0.448 e. The maximum absolute atomic E-state index is 12.1. The quantitative estimate of drug-likeness (QED) is 0.911. The number of carbonyl (C=O) groups excluding carboxylic acids is 1. The minimum Gasteiger partial charge on any atom is -0.448 e. The third kappa shape index (κ3) is 4.82. The number of hydrogen-bond donors (Lipinski definition) is 1. The zero-order chi connectivity index (χ0) is 16.9. The van der Waals surface area contributed by atoms with Crippen molar-refractivity contribution in [3.63, 3.8) is 0 Å². The third-order valence-corrected chi connectivity index (χ3v) is 5.00. The molecule has 122 valence electrons. The highest BCUT2D eigenvalue weighted by atomic mass is 32.2. The fourth-order valence-electron chi connectivity index (χ4n) is 2.09. The molecule has 0 bridgehead atoms. The zero-order valence-electron chi connectivity index (χ0n) is 13.1. The molecular formula is C17H19NO4S. The van der Waals surface area contributed by atoms with Crippen molar-refractivity contribution in [3.8, 4) is 0 Å². The first-order valence-electron chi connectivity index (χ1n) is 7.17. The van der Waals surface area contributed by atoms with Gasteiger partial charge in [0.1, 0.15) is 6.61 Å². The van der Waals surface area contributed by atoms with Crippen LogP contribution in [-0.4, -0.2) is 26.9 Å². The van der Waals surface area contributed by atoms with Crippen LogP contribution in [0.25, 0.3) is 0 Å². The van der Waals surface area contributed by atoms with Gasteiger partial charge in [-0.3, -0.25) is 5.32 Å². The summed E-state index contributed by atoms with van der Waals surface area (Å²) in [6.45, 7) is 3.64. The molecule has 2 aromatic carbocycles. The summed E-state index contributed by atoms with van der Waals surface area (Å²) in [5.41, 5.74) is 2.65. The van der Waals surface area contributed by atoms with Gasteiger partial charge in [-0.2, -0.15) is 0 Å². The van der Waals surface area contributed by atoms with E-state index in [1.807, 2.05) is 26.0 Å². The average molecular weight is 333 g/mol. The van der Waals surface area contributed by atoms with Crippen molar-refractivity contribution in [1.29, 1.82) is 0 Å². The Hall–Kier alpha value is -2.34. The lowest BCUT2D eigenvalue weighted by Crippen LogP contribution is -2.19. The molecule has 0 aliphatic heterocycles. The first kappa shape index (κ1) is 17.0. The van der Waals surface area contributed by atoms with E-state index >= 15 is 0 Å². The second kappa shape index (κ2) is 7.28. The van der Waals surface area contributed by atoms with Gasteiger partial charge in [-0.05, 0) is 37.6 Å². The molecule has 2 rings (SSSR count). The molecule has 0 atom stereocenters. The van der Waals surface area contributed by atoms with Gasteiger partial charge in [-0.15, -0.1) is 0 Å². The van der Waals surface area contributed by atoms with Crippen LogP contribution in [0.1, 0.15) is 11.1 Å². The Morgan fingerprint density at radius 3 is 2.43 bits per heavy atom. The smallest absolute Gasteiger partial charge is 0.411 e. The molecule has 0 aromatic heterocycles. The Bertz CT molecular complexity index is 785. The van der Waals surface area contributed by atoms with Crippen LogP contribution >= 0.6 is 0 Å². The van der Waals surface area contributed by atoms with Gasteiger partial charge in [0, 0.05) is 5.69 Å². The van der Waals surface area contributed by atoms with Crippen molar-refractivity contribution in [1.82, 2.24) is 0 Å². The van der Waals surface area contributed by atoms with E-state index in [9.17, 15) is 13.2 Å². The molecule has 0 aliphatic rings. The van der Waals surface area contributed by atoms with Gasteiger partial charge in [0.25, 0.3) is 0 Å². The highest BCUT2D eigenvalue weighted by molar-refractivity contribution is 7.91. The average Bonchev–Trinajstić information content (AvgIpc) is 2.51. The first-order chi connectivity index (χ1) is 10.9. The topological polar surface area (TPSA) is 72.5 Å². The van der Waals surface area contributed by atoms with Gasteiger partial charge in [-0.1, -0.05) is 35.9 Å². The van der Waals surface area contributed by atoms with Crippen LogP contribution in [0.5, 0.6) is 0 Å². The summed E-state index contributed by atoms with van der Waals surface area (Å²) in [5.74, 6) is -0.253. The van der Waals surface area contributed by atoms with E-state index in [2.05, 4.69) is 5.32 Å². The van der Waals surface area contributed by atoms with Crippen LogP contribution in [0.4, 0.5) is 10.5 Å². The lowest BCUT2D eigenvalue weighted by Gasteiger charge is -2.10. The number of ether oxygens (including phenoxy) is 1. The number of aryl methyl sites for hydroxylation is 2. The second-order valence-electron chi connectivity index (χ2n) is 5.21. The number of benzene rings is 2. The number of nitrogens with one attached hydrogen (secondary N) is 1. The summed E-state index contributed by atoms with van der Waals surface area (Å²) < 4.78 is 29.1. The van der Waals surface area contributed by atoms with Gasteiger partial charge in [-0.25, -0.2) is 13.2 Å². The van der Waals surface area contributed by atoms with Crippen molar-refractivity contribution < 1.29 is 17.9 Å². The number of rotatable bonds is 5. The monoisotopic (exact) mass is 333 g/mol. The molecule has 0 spiro atoms. The number of amides is 1. The first-order valence-corrected chi connectivity index (χ1v) is 8.82. The summed E-state index contributed by atoms with van der Waals surface area (Å²) in [6.07, 6.45) is -0.666. The number of sulfone groups is 1. The number of anilines is 1. The van der Waals surface area contributed by atoms with Crippen LogP contribution in [0.3, 0.4) is 0 Å². The Labute approximate surface area is 136 Å². The second-order valence-corrected chi connectivity index (χ2v) is 7.32. The Morgan fingerprint density at radius 2 is 1.78 bits per heavy atom. The predicted molar refractivity (Wildman–Crippen MR) is 89.4 cm³/mol. The molecule has 0 unspecified atom stereocenters. The maximum atomic E-state index is 12.1. The fourth-order valence-corrected chi connectivity index (χ4v) is 3.20. The normalized spacial score (nSPS) is 11.0. The Balaban J connectivity index is 1.88. The van der Waals surface area contributed by atoms with Crippen molar-refractivity contribution >= 4 is 21.6 Å². The van der Waals surface area contributed by atoms with Crippen LogP contribution < -0.4 is 5.32 Å². The van der Waals surface area contributed by atoms with Crippen LogP contribution in [-0.2, 0) is 14.6 Å². The molecule has 2 aromatic rings. The molecule has 0 fully saturated rings. The van der Waals surface area contributed by atoms with Crippen molar-refractivity contribution in [2.24, 2.45) is 0 Å². The van der Waals surface area contributed by atoms with Gasteiger partial charge in [0.2, 0.25) is 0 Å². The predicted octanol–water partition coefficient (Wildman–Crippen LogP) is 3.33. The minimum absolute atomic E-state index is 0.200. The Morgan fingerprint density at radius 1 is 1.09 bits per heavy atom. The van der Waals surface area contributed by atoms with E-state index in [1.165, 1.54) is 12.1 Å². The van der Waals surface area contributed by atoms with E-state index in [1.54, 1.807) is 24.3 Å². The highest BCUT2D eigenvalue weighted by Gasteiger charge is 2.15. The standard InChI is InChI=1S/C17H19NO4S/c1-13-8-9-16(14(2)12-13)18-17(19)22-10-11-23(20,21)15-6-4-3-5-7-15/h3-9,12H,10-11H2,1-2H3,(H,18,19). The van der Waals surface area contributed by atoms with Crippen molar-refractivity contribution in [3.05, 3.63) is 59.7 Å². The summed E-state index contributed by atoms with van der Waals surface area (Å²) in [4.78, 5) is 12.0. The summed E-state index contributed by atoms with van der Waals surface area (Å²) in [7, 11) is -3.45. The van der Waals surface area contributed by atoms with E-state index in [-0.39, 0.29) is 17.3 Å². The molecular weight excluding hydrogens is 314 g/mol. The fraction of sp³-hybridized carbons (Fsp3) is 0.235. The van der Waals surface area contributed by atoms with Crippen LogP contribution in [0.2, 0.25) is 0 Å².